The summed E-state index contributed by atoms with van der Waals surface area (Å²) in [5, 5.41) is 8.35. The molecule has 2 N–H and O–H groups in total. The third-order valence-corrected chi connectivity index (χ3v) is 4.55. The highest BCUT2D eigenvalue weighted by atomic mass is 16.3. The molecule has 2 aliphatic heterocycles. The molecule has 2 aromatic carbocycles. The monoisotopic (exact) mass is 303 g/mol. The number of amides is 1. The summed E-state index contributed by atoms with van der Waals surface area (Å²) in [5.41, 5.74) is 5.57. The molecule has 0 radical (unpaired) electrons. The number of benzene rings is 2. The number of hydrazone groups is 1. The van der Waals surface area contributed by atoms with Crippen LogP contribution in [0.15, 0.2) is 64.1 Å². The van der Waals surface area contributed by atoms with Crippen molar-refractivity contribution in [2.24, 2.45) is 5.10 Å². The molecular formula is C18H13N3O2. The van der Waals surface area contributed by atoms with Gasteiger partial charge in [-0.3, -0.25) is 10.2 Å². The van der Waals surface area contributed by atoms with Gasteiger partial charge in [-0.25, -0.2) is 0 Å². The molecular weight excluding hydrogens is 290 g/mol. The van der Waals surface area contributed by atoms with Crippen molar-refractivity contribution in [1.82, 2.24) is 5.43 Å². The van der Waals surface area contributed by atoms with E-state index in [1.165, 1.54) is 0 Å². The highest BCUT2D eigenvalue weighted by molar-refractivity contribution is 6.13. The van der Waals surface area contributed by atoms with Crippen LogP contribution in [-0.2, 0) is 10.3 Å². The van der Waals surface area contributed by atoms with Gasteiger partial charge >= 0.3 is 0 Å². The number of furan rings is 1. The number of nitrogens with zero attached hydrogens (tertiary/aromatic N) is 1. The quantitative estimate of drug-likeness (QED) is 0.726. The van der Waals surface area contributed by atoms with E-state index in [9.17, 15) is 4.79 Å². The summed E-state index contributed by atoms with van der Waals surface area (Å²) in [7, 11) is 0. The molecule has 1 aromatic heterocycles. The third kappa shape index (κ3) is 1.61. The predicted octanol–water partition coefficient (Wildman–Crippen LogP) is 2.98. The molecule has 0 aliphatic carbocycles. The molecule has 2 aliphatic rings. The number of rotatable bonds is 1. The second kappa shape index (κ2) is 4.23. The van der Waals surface area contributed by atoms with Gasteiger partial charge in [0.25, 0.3) is 5.91 Å². The molecule has 0 saturated heterocycles. The van der Waals surface area contributed by atoms with Crippen LogP contribution in [0.2, 0.25) is 0 Å². The van der Waals surface area contributed by atoms with Crippen LogP contribution in [0.3, 0.4) is 0 Å². The van der Waals surface area contributed by atoms with Crippen LogP contribution in [0.25, 0.3) is 11.0 Å². The zero-order valence-corrected chi connectivity index (χ0v) is 12.2. The first-order valence-corrected chi connectivity index (χ1v) is 7.50. The molecule has 5 heteroatoms. The first-order valence-electron chi connectivity index (χ1n) is 7.50. The van der Waals surface area contributed by atoms with Crippen molar-refractivity contribution in [3.8, 4) is 0 Å². The zero-order chi connectivity index (χ0) is 15.4. The van der Waals surface area contributed by atoms with Gasteiger partial charge in [-0.05, 0) is 18.2 Å². The molecule has 5 nitrogen and oxygen atoms in total. The minimum absolute atomic E-state index is 0.0754. The van der Waals surface area contributed by atoms with Crippen LogP contribution in [0, 0.1) is 0 Å². The maximum atomic E-state index is 12.5. The van der Waals surface area contributed by atoms with Crippen LogP contribution in [-0.4, -0.2) is 11.6 Å². The zero-order valence-electron chi connectivity index (χ0n) is 12.2. The Morgan fingerprint density at radius 3 is 2.83 bits per heavy atom. The molecule has 0 saturated carbocycles. The number of anilines is 1. The summed E-state index contributed by atoms with van der Waals surface area (Å²) in [6.07, 6.45) is 0.468. The lowest BCUT2D eigenvalue weighted by Gasteiger charge is -2.20. The Bertz CT molecular complexity index is 956. The van der Waals surface area contributed by atoms with Gasteiger partial charge in [-0.1, -0.05) is 36.4 Å². The number of para-hydroxylation sites is 2. The molecule has 5 rings (SSSR count). The maximum absolute atomic E-state index is 12.5. The Hall–Kier alpha value is -3.08. The van der Waals surface area contributed by atoms with Crippen LogP contribution >= 0.6 is 0 Å². The van der Waals surface area contributed by atoms with E-state index in [0.717, 1.165) is 27.9 Å². The predicted molar refractivity (Wildman–Crippen MR) is 87.3 cm³/mol. The number of fused-ring (bicyclic) bond motifs is 3. The van der Waals surface area contributed by atoms with Gasteiger partial charge in [0.15, 0.2) is 11.3 Å². The second-order valence-corrected chi connectivity index (χ2v) is 5.90. The first-order chi connectivity index (χ1) is 11.3. The standard InChI is InChI=1S/C18H13N3O2/c22-17-18(12-6-2-3-7-13(12)19-17)10-14(20-21-18)16-9-11-5-1-4-8-15(11)23-16/h1-9,21H,10H2,(H,19,22)/t18-/m0/s1. The van der Waals surface area contributed by atoms with Crippen LogP contribution in [0.1, 0.15) is 17.7 Å². The lowest BCUT2D eigenvalue weighted by atomic mass is 9.87. The first kappa shape index (κ1) is 12.5. The van der Waals surface area contributed by atoms with Crippen molar-refractivity contribution < 1.29 is 9.21 Å². The Kier molecular flexibility index (Phi) is 2.29. The van der Waals surface area contributed by atoms with E-state index in [4.69, 9.17) is 4.42 Å². The Morgan fingerprint density at radius 2 is 1.91 bits per heavy atom. The molecule has 3 heterocycles. The average molecular weight is 303 g/mol. The second-order valence-electron chi connectivity index (χ2n) is 5.90. The number of hydrogen-bond acceptors (Lipinski definition) is 4. The number of hydrogen-bond donors (Lipinski definition) is 2. The molecule has 1 spiro atoms. The van der Waals surface area contributed by atoms with Crippen molar-refractivity contribution in [1.29, 1.82) is 0 Å². The Balaban J connectivity index is 1.56. The Morgan fingerprint density at radius 1 is 1.09 bits per heavy atom. The average Bonchev–Trinajstić information content (AvgIpc) is 3.26. The fraction of sp³-hybridized carbons (Fsp3) is 0.111. The van der Waals surface area contributed by atoms with Crippen LogP contribution in [0.5, 0.6) is 0 Å². The normalized spacial score (nSPS) is 22.1. The molecule has 0 fully saturated rings. The van der Waals surface area contributed by atoms with Crippen LogP contribution < -0.4 is 10.7 Å². The molecule has 1 amide bonds. The van der Waals surface area contributed by atoms with E-state index in [0.29, 0.717) is 12.2 Å². The minimum atomic E-state index is -0.828. The minimum Gasteiger partial charge on any atom is -0.455 e. The molecule has 23 heavy (non-hydrogen) atoms. The highest BCUT2D eigenvalue weighted by Crippen LogP contribution is 2.41. The van der Waals surface area contributed by atoms with Gasteiger partial charge in [0.2, 0.25) is 0 Å². The lowest BCUT2D eigenvalue weighted by Crippen LogP contribution is -2.42. The number of carbonyl (C=O) groups is 1. The van der Waals surface area contributed by atoms with Crippen molar-refractivity contribution in [2.45, 2.75) is 12.0 Å². The van der Waals surface area contributed by atoms with E-state index in [1.54, 1.807) is 0 Å². The van der Waals surface area contributed by atoms with E-state index >= 15 is 0 Å². The summed E-state index contributed by atoms with van der Waals surface area (Å²) in [6.45, 7) is 0. The number of carbonyl (C=O) groups excluding carboxylic acids is 1. The van der Waals surface area contributed by atoms with Crippen molar-refractivity contribution in [2.75, 3.05) is 5.32 Å². The third-order valence-electron chi connectivity index (χ3n) is 4.55. The highest BCUT2D eigenvalue weighted by Gasteiger charge is 2.51. The SMILES string of the molecule is O=C1Nc2ccccc2[C@@]12CC(c1cc3ccccc3o1)=NN2. The molecule has 0 unspecified atom stereocenters. The van der Waals surface area contributed by atoms with Gasteiger partial charge in [0, 0.05) is 23.1 Å². The topological polar surface area (TPSA) is 66.6 Å². The Labute approximate surface area is 132 Å². The van der Waals surface area contributed by atoms with Gasteiger partial charge in [-0.15, -0.1) is 0 Å². The maximum Gasteiger partial charge on any atom is 0.256 e. The van der Waals surface area contributed by atoms with Crippen molar-refractivity contribution in [3.05, 3.63) is 65.9 Å². The van der Waals surface area contributed by atoms with E-state index in [2.05, 4.69) is 15.8 Å². The summed E-state index contributed by atoms with van der Waals surface area (Å²) in [5.74, 6) is 0.626. The van der Waals surface area contributed by atoms with E-state index < -0.39 is 5.54 Å². The van der Waals surface area contributed by atoms with Crippen molar-refractivity contribution >= 4 is 28.3 Å². The summed E-state index contributed by atoms with van der Waals surface area (Å²) >= 11 is 0. The van der Waals surface area contributed by atoms with Gasteiger partial charge in [0.1, 0.15) is 11.3 Å². The molecule has 3 aromatic rings. The van der Waals surface area contributed by atoms with E-state index in [-0.39, 0.29) is 5.91 Å². The van der Waals surface area contributed by atoms with Gasteiger partial charge < -0.3 is 9.73 Å². The smallest absolute Gasteiger partial charge is 0.256 e. The van der Waals surface area contributed by atoms with Gasteiger partial charge in [-0.2, -0.15) is 5.10 Å². The molecule has 112 valence electrons. The lowest BCUT2D eigenvalue weighted by molar-refractivity contribution is -0.121. The largest absolute Gasteiger partial charge is 0.455 e. The van der Waals surface area contributed by atoms with Crippen LogP contribution in [0.4, 0.5) is 5.69 Å². The fourth-order valence-corrected chi connectivity index (χ4v) is 3.36. The van der Waals surface area contributed by atoms with E-state index in [1.807, 2.05) is 54.6 Å². The summed E-state index contributed by atoms with van der Waals surface area (Å²) in [6, 6.07) is 17.5. The fourth-order valence-electron chi connectivity index (χ4n) is 3.36. The summed E-state index contributed by atoms with van der Waals surface area (Å²) < 4.78 is 5.88. The van der Waals surface area contributed by atoms with Crippen molar-refractivity contribution in [3.63, 3.8) is 0 Å². The summed E-state index contributed by atoms with van der Waals surface area (Å²) in [4.78, 5) is 12.5. The number of nitrogens with one attached hydrogen (secondary N) is 2. The molecule has 0 bridgehead atoms. The molecule has 1 atom stereocenters. The van der Waals surface area contributed by atoms with Gasteiger partial charge in [0.05, 0.1) is 0 Å².